The van der Waals surface area contributed by atoms with Gasteiger partial charge in [0.2, 0.25) is 11.8 Å². The number of halogens is 1. The van der Waals surface area contributed by atoms with E-state index in [-0.39, 0.29) is 11.8 Å². The molecule has 0 atom stereocenters. The maximum absolute atomic E-state index is 12.6. The summed E-state index contributed by atoms with van der Waals surface area (Å²) in [6.45, 7) is 3.19. The van der Waals surface area contributed by atoms with Crippen LogP contribution in [0.25, 0.3) is 0 Å². The molecular weight excluding hydrogens is 356 g/mol. The maximum atomic E-state index is 12.6. The Balaban J connectivity index is 1.44. The predicted molar refractivity (Wildman–Crippen MR) is 102 cm³/mol. The van der Waals surface area contributed by atoms with Gasteiger partial charge in [-0.25, -0.2) is 0 Å². The minimum Gasteiger partial charge on any atom is -0.342 e. The first kappa shape index (κ1) is 18.6. The van der Waals surface area contributed by atoms with Crippen molar-refractivity contribution < 1.29 is 9.59 Å². The Morgan fingerprint density at radius 1 is 1.00 bits per heavy atom. The lowest BCUT2D eigenvalue weighted by Crippen LogP contribution is -2.46. The number of likely N-dealkylation sites (tertiary alicyclic amines) is 2. The molecule has 1 aromatic rings. The second-order valence-electron chi connectivity index (χ2n) is 6.76. The lowest BCUT2D eigenvalue weighted by molar-refractivity contribution is -0.140. The number of carbonyl (C=O) groups excluding carboxylic acids is 2. The average Bonchev–Trinajstić information content (AvgIpc) is 2.67. The molecule has 0 saturated carbocycles. The van der Waals surface area contributed by atoms with Crippen LogP contribution in [-0.4, -0.2) is 53.5 Å². The Hall–Kier alpha value is -1.20. The largest absolute Gasteiger partial charge is 0.342 e. The number of amides is 2. The Bertz CT molecular complexity index is 611. The van der Waals surface area contributed by atoms with E-state index in [1.807, 2.05) is 34.1 Å². The first-order valence-electron chi connectivity index (χ1n) is 9.09. The van der Waals surface area contributed by atoms with Crippen LogP contribution in [-0.2, 0) is 9.59 Å². The van der Waals surface area contributed by atoms with Gasteiger partial charge < -0.3 is 9.80 Å². The fourth-order valence-corrected chi connectivity index (χ4v) is 4.68. The third kappa shape index (κ3) is 4.91. The van der Waals surface area contributed by atoms with E-state index >= 15 is 0 Å². The zero-order valence-corrected chi connectivity index (χ0v) is 16.0. The molecule has 3 rings (SSSR count). The molecule has 6 heteroatoms. The zero-order valence-electron chi connectivity index (χ0n) is 14.5. The molecule has 2 aliphatic heterocycles. The molecule has 0 N–H and O–H groups in total. The van der Waals surface area contributed by atoms with Gasteiger partial charge >= 0.3 is 0 Å². The topological polar surface area (TPSA) is 40.6 Å². The number of carbonyl (C=O) groups is 2. The third-order valence-corrected chi connectivity index (χ3v) is 6.55. The summed E-state index contributed by atoms with van der Waals surface area (Å²) in [5, 5.41) is 0.686. The highest BCUT2D eigenvalue weighted by Gasteiger charge is 2.30. The van der Waals surface area contributed by atoms with Gasteiger partial charge in [-0.2, -0.15) is 0 Å². The van der Waals surface area contributed by atoms with E-state index < -0.39 is 0 Å². The molecule has 4 nitrogen and oxygen atoms in total. The Morgan fingerprint density at radius 3 is 2.36 bits per heavy atom. The number of rotatable bonds is 4. The van der Waals surface area contributed by atoms with Crippen molar-refractivity contribution in [1.82, 2.24) is 9.80 Å². The average molecular weight is 381 g/mol. The van der Waals surface area contributed by atoms with Crippen molar-refractivity contribution in [2.24, 2.45) is 5.92 Å². The molecular formula is C19H25ClN2O2S. The normalized spacial score (nSPS) is 19.1. The fourth-order valence-electron chi connectivity index (χ4n) is 3.54. The summed E-state index contributed by atoms with van der Waals surface area (Å²) >= 11 is 7.61. The van der Waals surface area contributed by atoms with Crippen molar-refractivity contribution in [3.8, 4) is 0 Å². The molecule has 1 aromatic carbocycles. The number of nitrogens with zero attached hydrogens (tertiary/aromatic N) is 2. The number of benzene rings is 1. The van der Waals surface area contributed by atoms with Crippen molar-refractivity contribution >= 4 is 35.2 Å². The highest BCUT2D eigenvalue weighted by molar-refractivity contribution is 8.00. The smallest absolute Gasteiger partial charge is 0.232 e. The van der Waals surface area contributed by atoms with Crippen LogP contribution in [0, 0.1) is 5.92 Å². The summed E-state index contributed by atoms with van der Waals surface area (Å²) in [6.07, 6.45) is 5.07. The first-order valence-corrected chi connectivity index (χ1v) is 10.5. The van der Waals surface area contributed by atoms with Crippen LogP contribution < -0.4 is 0 Å². The standard InChI is InChI=1S/C19H25ClN2O2S/c20-16-6-2-3-7-17(16)25-14-18(23)21-12-8-15(9-13-21)19(24)22-10-4-1-5-11-22/h2-3,6-7,15H,1,4-5,8-14H2. The summed E-state index contributed by atoms with van der Waals surface area (Å²) in [7, 11) is 0. The van der Waals surface area contributed by atoms with Crippen molar-refractivity contribution in [3.63, 3.8) is 0 Å². The molecule has 25 heavy (non-hydrogen) atoms. The van der Waals surface area contributed by atoms with Crippen LogP contribution in [0.5, 0.6) is 0 Å². The molecule has 0 aromatic heterocycles. The number of hydrogen-bond acceptors (Lipinski definition) is 3. The van der Waals surface area contributed by atoms with E-state index in [2.05, 4.69) is 0 Å². The maximum Gasteiger partial charge on any atom is 0.232 e. The Labute approximate surface area is 158 Å². The molecule has 2 fully saturated rings. The Morgan fingerprint density at radius 2 is 1.68 bits per heavy atom. The number of piperidine rings is 2. The lowest BCUT2D eigenvalue weighted by atomic mass is 9.94. The van der Waals surface area contributed by atoms with Crippen LogP contribution in [0.15, 0.2) is 29.2 Å². The Kier molecular flexibility index (Phi) is 6.65. The molecule has 0 unspecified atom stereocenters. The van der Waals surface area contributed by atoms with Crippen LogP contribution >= 0.6 is 23.4 Å². The van der Waals surface area contributed by atoms with E-state index in [9.17, 15) is 9.59 Å². The minimum absolute atomic E-state index is 0.0957. The summed E-state index contributed by atoms with van der Waals surface area (Å²) < 4.78 is 0. The van der Waals surface area contributed by atoms with Gasteiger partial charge in [0, 0.05) is 37.0 Å². The molecule has 2 aliphatic rings. The molecule has 2 heterocycles. The summed E-state index contributed by atoms with van der Waals surface area (Å²) in [6, 6.07) is 7.59. The van der Waals surface area contributed by atoms with Crippen molar-refractivity contribution in [1.29, 1.82) is 0 Å². The SMILES string of the molecule is O=C(CSc1ccccc1Cl)N1CCC(C(=O)N2CCCCC2)CC1. The van der Waals surface area contributed by atoms with E-state index in [0.29, 0.717) is 29.8 Å². The van der Waals surface area contributed by atoms with Crippen LogP contribution in [0.1, 0.15) is 32.1 Å². The van der Waals surface area contributed by atoms with Gasteiger partial charge in [0.25, 0.3) is 0 Å². The molecule has 0 radical (unpaired) electrons. The minimum atomic E-state index is 0.0957. The third-order valence-electron chi connectivity index (χ3n) is 5.05. The van der Waals surface area contributed by atoms with Crippen molar-refractivity contribution in [2.45, 2.75) is 37.0 Å². The summed E-state index contributed by atoms with van der Waals surface area (Å²) in [5.41, 5.74) is 0. The van der Waals surface area contributed by atoms with Crippen LogP contribution in [0.2, 0.25) is 5.02 Å². The molecule has 136 valence electrons. The highest BCUT2D eigenvalue weighted by Crippen LogP contribution is 2.28. The molecule has 0 aliphatic carbocycles. The second-order valence-corrected chi connectivity index (χ2v) is 8.18. The van der Waals surface area contributed by atoms with Gasteiger partial charge in [-0.15, -0.1) is 11.8 Å². The summed E-state index contributed by atoms with van der Waals surface area (Å²) in [4.78, 5) is 29.9. The van der Waals surface area contributed by atoms with E-state index in [1.165, 1.54) is 18.2 Å². The summed E-state index contributed by atoms with van der Waals surface area (Å²) in [5.74, 6) is 0.929. The fraction of sp³-hybridized carbons (Fsp3) is 0.579. The van der Waals surface area contributed by atoms with E-state index in [0.717, 1.165) is 43.7 Å². The van der Waals surface area contributed by atoms with Crippen molar-refractivity contribution in [2.75, 3.05) is 31.9 Å². The monoisotopic (exact) mass is 380 g/mol. The van der Waals surface area contributed by atoms with Gasteiger partial charge in [-0.3, -0.25) is 9.59 Å². The molecule has 0 bridgehead atoms. The van der Waals surface area contributed by atoms with Gasteiger partial charge in [-0.1, -0.05) is 23.7 Å². The van der Waals surface area contributed by atoms with Gasteiger partial charge in [-0.05, 0) is 44.2 Å². The highest BCUT2D eigenvalue weighted by atomic mass is 35.5. The van der Waals surface area contributed by atoms with Gasteiger partial charge in [0.05, 0.1) is 10.8 Å². The van der Waals surface area contributed by atoms with Gasteiger partial charge in [0.15, 0.2) is 0 Å². The number of thioether (sulfide) groups is 1. The van der Waals surface area contributed by atoms with Crippen molar-refractivity contribution in [3.05, 3.63) is 29.3 Å². The number of hydrogen-bond donors (Lipinski definition) is 0. The van der Waals surface area contributed by atoms with E-state index in [4.69, 9.17) is 11.6 Å². The van der Waals surface area contributed by atoms with Crippen LogP contribution in [0.3, 0.4) is 0 Å². The van der Waals surface area contributed by atoms with Gasteiger partial charge in [0.1, 0.15) is 0 Å². The predicted octanol–water partition coefficient (Wildman–Crippen LogP) is 3.68. The van der Waals surface area contributed by atoms with E-state index in [1.54, 1.807) is 0 Å². The lowest BCUT2D eigenvalue weighted by Gasteiger charge is -2.35. The zero-order chi connectivity index (χ0) is 17.6. The van der Waals surface area contributed by atoms with Crippen LogP contribution in [0.4, 0.5) is 0 Å². The first-order chi connectivity index (χ1) is 12.1. The second kappa shape index (κ2) is 8.95. The quantitative estimate of drug-likeness (QED) is 0.748. The molecule has 2 saturated heterocycles. The molecule has 0 spiro atoms. The molecule has 2 amide bonds.